The van der Waals surface area contributed by atoms with E-state index in [-0.39, 0.29) is 6.04 Å². The van der Waals surface area contributed by atoms with Gasteiger partial charge in [0.2, 0.25) is 5.89 Å². The second kappa shape index (κ2) is 5.41. The normalized spacial score (nSPS) is 23.4. The summed E-state index contributed by atoms with van der Waals surface area (Å²) in [4.78, 5) is 4.28. The first-order valence-corrected chi connectivity index (χ1v) is 7.37. The molecule has 0 amide bonds. The molecule has 3 rings (SSSR count). The minimum Gasteiger partial charge on any atom is -0.444 e. The summed E-state index contributed by atoms with van der Waals surface area (Å²) >= 11 is 0. The van der Waals surface area contributed by atoms with Gasteiger partial charge in [0.05, 0.1) is 12.2 Å². The lowest BCUT2D eigenvalue weighted by Gasteiger charge is -2.37. The first-order valence-electron chi connectivity index (χ1n) is 7.37. The third-order valence-corrected chi connectivity index (χ3v) is 4.18. The topological polar surface area (TPSA) is 38.1 Å². The molecule has 2 aromatic rings. The van der Waals surface area contributed by atoms with Gasteiger partial charge in [-0.2, -0.15) is 0 Å². The first kappa shape index (κ1) is 13.4. The molecule has 1 atom stereocenters. The van der Waals surface area contributed by atoms with Crippen LogP contribution in [0.15, 0.2) is 34.9 Å². The van der Waals surface area contributed by atoms with E-state index in [9.17, 15) is 0 Å². The highest BCUT2D eigenvalue weighted by molar-refractivity contribution is 5.26. The van der Waals surface area contributed by atoms with Gasteiger partial charge in [0.1, 0.15) is 5.76 Å². The molecule has 0 aliphatic heterocycles. The lowest BCUT2D eigenvalue weighted by atomic mass is 9.75. The van der Waals surface area contributed by atoms with Crippen molar-refractivity contribution in [2.75, 3.05) is 0 Å². The van der Waals surface area contributed by atoms with Crippen LogP contribution >= 0.6 is 0 Å². The molecule has 0 bridgehead atoms. The molecule has 0 spiro atoms. The van der Waals surface area contributed by atoms with Crippen LogP contribution in [0.2, 0.25) is 0 Å². The zero-order chi connectivity index (χ0) is 14.1. The van der Waals surface area contributed by atoms with Gasteiger partial charge in [0, 0.05) is 6.04 Å². The number of aryl methyl sites for hydroxylation is 2. The summed E-state index contributed by atoms with van der Waals surface area (Å²) in [7, 11) is 0. The van der Waals surface area contributed by atoms with Crippen LogP contribution in [0, 0.1) is 13.8 Å². The number of nitrogens with zero attached hydrogens (tertiary/aromatic N) is 1. The van der Waals surface area contributed by atoms with Crippen LogP contribution in [0.5, 0.6) is 0 Å². The van der Waals surface area contributed by atoms with E-state index < -0.39 is 0 Å². The van der Waals surface area contributed by atoms with Crippen LogP contribution in [-0.4, -0.2) is 11.0 Å². The third kappa shape index (κ3) is 2.78. The van der Waals surface area contributed by atoms with Gasteiger partial charge in [-0.25, -0.2) is 4.98 Å². The molecule has 1 aromatic heterocycles. The van der Waals surface area contributed by atoms with Crippen LogP contribution < -0.4 is 5.32 Å². The van der Waals surface area contributed by atoms with E-state index in [0.717, 1.165) is 11.7 Å². The standard InChI is InChI=1S/C17H22N2O/c1-11-4-6-14(7-5-11)15-8-16(9-15)19-13(3)17-18-10-12(2)20-17/h4-7,10,13,15-16,19H,8-9H2,1-3H3. The molecular weight excluding hydrogens is 248 g/mol. The highest BCUT2D eigenvalue weighted by Gasteiger charge is 2.31. The number of oxazole rings is 1. The second-order valence-electron chi connectivity index (χ2n) is 5.97. The maximum absolute atomic E-state index is 5.57. The molecule has 3 nitrogen and oxygen atoms in total. The average molecular weight is 270 g/mol. The maximum atomic E-state index is 5.57. The molecule has 20 heavy (non-hydrogen) atoms. The molecule has 1 aliphatic rings. The number of aromatic nitrogens is 1. The van der Waals surface area contributed by atoms with Gasteiger partial charge in [0.15, 0.2) is 0 Å². The van der Waals surface area contributed by atoms with E-state index in [4.69, 9.17) is 4.42 Å². The monoisotopic (exact) mass is 270 g/mol. The Bertz CT molecular complexity index is 567. The molecule has 0 radical (unpaired) electrons. The number of hydrogen-bond acceptors (Lipinski definition) is 3. The van der Waals surface area contributed by atoms with E-state index in [0.29, 0.717) is 12.0 Å². The minimum atomic E-state index is 0.188. The largest absolute Gasteiger partial charge is 0.444 e. The van der Waals surface area contributed by atoms with Crippen LogP contribution in [0.4, 0.5) is 0 Å². The Morgan fingerprint density at radius 2 is 1.90 bits per heavy atom. The van der Waals surface area contributed by atoms with Crippen molar-refractivity contribution < 1.29 is 4.42 Å². The van der Waals surface area contributed by atoms with Crippen molar-refractivity contribution in [2.45, 2.75) is 51.6 Å². The van der Waals surface area contributed by atoms with Gasteiger partial charge in [-0.05, 0) is 45.1 Å². The van der Waals surface area contributed by atoms with Crippen LogP contribution in [0.3, 0.4) is 0 Å². The smallest absolute Gasteiger partial charge is 0.211 e. The summed E-state index contributed by atoms with van der Waals surface area (Å²) in [5, 5.41) is 3.60. The summed E-state index contributed by atoms with van der Waals surface area (Å²) < 4.78 is 5.57. The van der Waals surface area contributed by atoms with E-state index in [1.165, 1.54) is 24.0 Å². The Hall–Kier alpha value is -1.61. The van der Waals surface area contributed by atoms with Crippen LogP contribution in [0.1, 0.15) is 54.5 Å². The summed E-state index contributed by atoms with van der Waals surface area (Å²) in [6, 6.07) is 9.69. The molecule has 1 aliphatic carbocycles. The first-order chi connectivity index (χ1) is 9.61. The number of nitrogens with one attached hydrogen (secondary N) is 1. The van der Waals surface area contributed by atoms with Crippen molar-refractivity contribution in [3.8, 4) is 0 Å². The highest BCUT2D eigenvalue weighted by atomic mass is 16.4. The Kier molecular flexibility index (Phi) is 3.62. The zero-order valence-corrected chi connectivity index (χ0v) is 12.4. The van der Waals surface area contributed by atoms with Crippen molar-refractivity contribution in [3.05, 3.63) is 53.2 Å². The summed E-state index contributed by atoms with van der Waals surface area (Å²) in [5.41, 5.74) is 2.80. The quantitative estimate of drug-likeness (QED) is 0.916. The van der Waals surface area contributed by atoms with Crippen LogP contribution in [0.25, 0.3) is 0 Å². The summed E-state index contributed by atoms with van der Waals surface area (Å²) in [5.74, 6) is 2.37. The molecule has 1 heterocycles. The molecule has 1 aromatic carbocycles. The molecular formula is C17H22N2O. The van der Waals surface area contributed by atoms with Crippen molar-refractivity contribution >= 4 is 0 Å². The molecule has 106 valence electrons. The Balaban J connectivity index is 1.52. The molecule has 3 heteroatoms. The fourth-order valence-electron chi connectivity index (χ4n) is 2.86. The number of rotatable bonds is 4. The van der Waals surface area contributed by atoms with Gasteiger partial charge in [-0.15, -0.1) is 0 Å². The summed E-state index contributed by atoms with van der Waals surface area (Å²) in [6.45, 7) is 6.18. The van der Waals surface area contributed by atoms with Crippen molar-refractivity contribution in [1.82, 2.24) is 10.3 Å². The highest BCUT2D eigenvalue weighted by Crippen LogP contribution is 2.37. The number of benzene rings is 1. The van der Waals surface area contributed by atoms with Gasteiger partial charge < -0.3 is 9.73 Å². The second-order valence-corrected chi connectivity index (χ2v) is 5.97. The fraction of sp³-hybridized carbons (Fsp3) is 0.471. The van der Waals surface area contributed by atoms with Crippen LogP contribution in [-0.2, 0) is 0 Å². The van der Waals surface area contributed by atoms with Crippen molar-refractivity contribution in [2.24, 2.45) is 0 Å². The molecule has 1 saturated carbocycles. The predicted molar refractivity (Wildman–Crippen MR) is 79.7 cm³/mol. The average Bonchev–Trinajstić information content (AvgIpc) is 2.81. The van der Waals surface area contributed by atoms with Gasteiger partial charge in [-0.3, -0.25) is 0 Å². The Morgan fingerprint density at radius 1 is 1.20 bits per heavy atom. The Labute approximate surface area is 120 Å². The van der Waals surface area contributed by atoms with Gasteiger partial charge in [0.25, 0.3) is 0 Å². The molecule has 1 unspecified atom stereocenters. The maximum Gasteiger partial charge on any atom is 0.211 e. The molecule has 0 saturated heterocycles. The van der Waals surface area contributed by atoms with E-state index in [1.54, 1.807) is 6.20 Å². The lowest BCUT2D eigenvalue weighted by Crippen LogP contribution is -2.41. The third-order valence-electron chi connectivity index (χ3n) is 4.18. The summed E-state index contributed by atoms with van der Waals surface area (Å²) in [6.07, 6.45) is 4.18. The van der Waals surface area contributed by atoms with E-state index in [2.05, 4.69) is 48.4 Å². The van der Waals surface area contributed by atoms with Gasteiger partial charge >= 0.3 is 0 Å². The minimum absolute atomic E-state index is 0.188. The molecule has 1 fully saturated rings. The fourth-order valence-corrected chi connectivity index (χ4v) is 2.86. The zero-order valence-electron chi connectivity index (χ0n) is 12.4. The van der Waals surface area contributed by atoms with Gasteiger partial charge in [-0.1, -0.05) is 29.8 Å². The predicted octanol–water partition coefficient (Wildman–Crippen LogP) is 3.89. The van der Waals surface area contributed by atoms with E-state index >= 15 is 0 Å². The lowest BCUT2D eigenvalue weighted by molar-refractivity contribution is 0.254. The Morgan fingerprint density at radius 3 is 2.50 bits per heavy atom. The number of hydrogen-bond donors (Lipinski definition) is 1. The SMILES string of the molecule is Cc1ccc(C2CC(NC(C)c3ncc(C)o3)C2)cc1. The van der Waals surface area contributed by atoms with Crippen molar-refractivity contribution in [3.63, 3.8) is 0 Å². The van der Waals surface area contributed by atoms with Crippen molar-refractivity contribution in [1.29, 1.82) is 0 Å². The molecule has 1 N–H and O–H groups in total. The van der Waals surface area contributed by atoms with E-state index in [1.807, 2.05) is 6.92 Å².